The summed E-state index contributed by atoms with van der Waals surface area (Å²) >= 11 is 0. The molecule has 0 rings (SSSR count). The van der Waals surface area contributed by atoms with Crippen molar-refractivity contribution in [3.05, 3.63) is 11.6 Å². The van der Waals surface area contributed by atoms with E-state index in [1.165, 1.54) is 0 Å². The van der Waals surface area contributed by atoms with Crippen LogP contribution in [0.25, 0.3) is 0 Å². The molecule has 0 saturated heterocycles. The minimum atomic E-state index is -1.48. The Morgan fingerprint density at radius 2 is 2.11 bits per heavy atom. The second kappa shape index (κ2) is 3.95. The Hall–Kier alpha value is -0.990. The molecule has 3 nitrogen and oxygen atoms in total. The lowest BCUT2D eigenvalue weighted by Gasteiger charge is -1.91. The Labute approximate surface area is 53.9 Å². The highest BCUT2D eigenvalue weighted by Gasteiger charge is 1.93. The number of carbonyl (C=O) groups excluding carboxylic acids is 1. The molecule has 0 unspecified atom stereocenters. The molecule has 0 aliphatic rings. The topological polar surface area (TPSA) is 46.2 Å². The molecule has 0 aliphatic heterocycles. The molecular weight excluding hydrogens is 120 g/mol. The van der Waals surface area contributed by atoms with Gasteiger partial charge in [0.1, 0.15) is 6.61 Å². The molecule has 3 heteroatoms. The van der Waals surface area contributed by atoms with Gasteiger partial charge < -0.3 is 4.74 Å². The highest BCUT2D eigenvalue weighted by molar-refractivity contribution is 5.56. The minimum absolute atomic E-state index is 0.0880. The van der Waals surface area contributed by atoms with Crippen LogP contribution < -0.4 is 0 Å². The van der Waals surface area contributed by atoms with Gasteiger partial charge >= 0.3 is 6.16 Å². The van der Waals surface area contributed by atoms with Gasteiger partial charge in [-0.1, -0.05) is 5.57 Å². The van der Waals surface area contributed by atoms with Crippen LogP contribution in [0.2, 0.25) is 0 Å². The lowest BCUT2D eigenvalue weighted by atomic mass is 10.3. The van der Waals surface area contributed by atoms with Gasteiger partial charge in [0.05, 0.1) is 0 Å². The summed E-state index contributed by atoms with van der Waals surface area (Å²) in [5.74, 6) is 0. The Balaban J connectivity index is 3.31. The first kappa shape index (κ1) is 8.01. The van der Waals surface area contributed by atoms with Crippen LogP contribution in [0, 0.1) is 0 Å². The van der Waals surface area contributed by atoms with Crippen LogP contribution in [0.4, 0.5) is 4.79 Å². The Kier molecular flexibility index (Phi) is 3.51. The number of ether oxygens (including phenoxy) is 1. The molecule has 0 fully saturated rings. The molecule has 0 aromatic carbocycles. The molecule has 0 aromatic rings. The lowest BCUT2D eigenvalue weighted by molar-refractivity contribution is 0.0768. The van der Waals surface area contributed by atoms with Gasteiger partial charge in [-0.25, -0.2) is 0 Å². The third-order valence-electron chi connectivity index (χ3n) is 0.693. The van der Waals surface area contributed by atoms with E-state index in [0.29, 0.717) is 0 Å². The summed E-state index contributed by atoms with van der Waals surface area (Å²) in [6.07, 6.45) is 0.183. The predicted molar refractivity (Wildman–Crippen MR) is 31.5 cm³/mol. The molecule has 1 radical (unpaired) electrons. The summed E-state index contributed by atoms with van der Waals surface area (Å²) in [6.45, 7) is 3.81. The van der Waals surface area contributed by atoms with Gasteiger partial charge in [0, 0.05) is 0 Å². The average molecular weight is 129 g/mol. The zero-order valence-corrected chi connectivity index (χ0v) is 5.51. The van der Waals surface area contributed by atoms with E-state index in [2.05, 4.69) is 4.74 Å². The van der Waals surface area contributed by atoms with Crippen molar-refractivity contribution >= 4 is 6.16 Å². The van der Waals surface area contributed by atoms with E-state index in [4.69, 9.17) is 0 Å². The van der Waals surface area contributed by atoms with Crippen LogP contribution in [0.1, 0.15) is 13.8 Å². The molecule has 0 amide bonds. The minimum Gasteiger partial charge on any atom is -0.428 e. The quantitative estimate of drug-likeness (QED) is 0.419. The van der Waals surface area contributed by atoms with Crippen molar-refractivity contribution in [3.8, 4) is 0 Å². The van der Waals surface area contributed by atoms with Gasteiger partial charge in [-0.2, -0.15) is 9.90 Å². The summed E-state index contributed by atoms with van der Waals surface area (Å²) in [5, 5.41) is 9.62. The summed E-state index contributed by atoms with van der Waals surface area (Å²) < 4.78 is 4.08. The first-order chi connectivity index (χ1) is 4.13. The van der Waals surface area contributed by atoms with E-state index < -0.39 is 6.16 Å². The lowest BCUT2D eigenvalue weighted by Crippen LogP contribution is -1.97. The molecule has 0 atom stereocenters. The van der Waals surface area contributed by atoms with Gasteiger partial charge in [-0.15, -0.1) is 0 Å². The Bertz CT molecular complexity index is 122. The molecule has 0 spiro atoms. The third kappa shape index (κ3) is 7.01. The van der Waals surface area contributed by atoms with Crippen LogP contribution in [-0.2, 0) is 9.84 Å². The highest BCUT2D eigenvalue weighted by Crippen LogP contribution is 1.88. The van der Waals surface area contributed by atoms with E-state index in [1.54, 1.807) is 6.08 Å². The summed E-state index contributed by atoms with van der Waals surface area (Å²) in [6, 6.07) is 0. The van der Waals surface area contributed by atoms with Gasteiger partial charge in [0.25, 0.3) is 0 Å². The first-order valence-electron chi connectivity index (χ1n) is 2.60. The first-order valence-corrected chi connectivity index (χ1v) is 2.60. The van der Waals surface area contributed by atoms with Crippen LogP contribution in [0.15, 0.2) is 11.6 Å². The average Bonchev–Trinajstić information content (AvgIpc) is 1.63. The molecule has 0 N–H and O–H groups in total. The van der Waals surface area contributed by atoms with Crippen molar-refractivity contribution in [2.45, 2.75) is 13.8 Å². The highest BCUT2D eigenvalue weighted by atomic mass is 16.7. The number of hydrogen-bond donors (Lipinski definition) is 0. The number of carbonyl (C=O) groups is 1. The van der Waals surface area contributed by atoms with Gasteiger partial charge in [0.15, 0.2) is 0 Å². The molecular formula is C6H9O3. The van der Waals surface area contributed by atoms with Crippen molar-refractivity contribution in [2.75, 3.05) is 6.61 Å². The zero-order chi connectivity index (χ0) is 7.28. The number of rotatable bonds is 2. The number of allylic oxidation sites excluding steroid dienone is 1. The van der Waals surface area contributed by atoms with Crippen molar-refractivity contribution in [2.24, 2.45) is 0 Å². The summed E-state index contributed by atoms with van der Waals surface area (Å²) in [7, 11) is 0. The van der Waals surface area contributed by atoms with Crippen molar-refractivity contribution in [3.63, 3.8) is 0 Å². The molecule has 0 bridgehead atoms. The van der Waals surface area contributed by atoms with E-state index in [1.807, 2.05) is 13.8 Å². The predicted octanol–water partition coefficient (Wildman–Crippen LogP) is 1.52. The molecule has 0 saturated carbocycles. The van der Waals surface area contributed by atoms with Gasteiger partial charge in [-0.05, 0) is 19.9 Å². The summed E-state index contributed by atoms with van der Waals surface area (Å²) in [5.41, 5.74) is 1.02. The van der Waals surface area contributed by atoms with Crippen LogP contribution in [-0.4, -0.2) is 12.8 Å². The molecule has 0 aliphatic carbocycles. The third-order valence-corrected chi connectivity index (χ3v) is 0.693. The Morgan fingerprint density at radius 3 is 2.44 bits per heavy atom. The SMILES string of the molecule is CC(C)=CCOC([O])=O. The molecule has 51 valence electrons. The Morgan fingerprint density at radius 1 is 1.56 bits per heavy atom. The fraction of sp³-hybridized carbons (Fsp3) is 0.500. The van der Waals surface area contributed by atoms with Crippen LogP contribution >= 0.6 is 0 Å². The van der Waals surface area contributed by atoms with E-state index in [0.717, 1.165) is 5.57 Å². The largest absolute Gasteiger partial charge is 0.550 e. The fourth-order valence-corrected chi connectivity index (χ4v) is 0.276. The van der Waals surface area contributed by atoms with Crippen LogP contribution in [0.3, 0.4) is 0 Å². The fourth-order valence-electron chi connectivity index (χ4n) is 0.276. The van der Waals surface area contributed by atoms with Crippen molar-refractivity contribution in [1.82, 2.24) is 0 Å². The molecule has 9 heavy (non-hydrogen) atoms. The molecule has 0 heterocycles. The summed E-state index contributed by atoms with van der Waals surface area (Å²) in [4.78, 5) is 9.62. The second-order valence-electron chi connectivity index (χ2n) is 1.84. The maximum absolute atomic E-state index is 9.62. The van der Waals surface area contributed by atoms with Crippen molar-refractivity contribution in [1.29, 1.82) is 0 Å². The smallest absolute Gasteiger partial charge is 0.428 e. The van der Waals surface area contributed by atoms with E-state index in [9.17, 15) is 9.90 Å². The van der Waals surface area contributed by atoms with Crippen LogP contribution in [0.5, 0.6) is 0 Å². The maximum atomic E-state index is 9.62. The maximum Gasteiger partial charge on any atom is 0.550 e. The monoisotopic (exact) mass is 129 g/mol. The number of hydrogen-bond acceptors (Lipinski definition) is 2. The van der Waals surface area contributed by atoms with Crippen molar-refractivity contribution < 1.29 is 14.6 Å². The van der Waals surface area contributed by atoms with Gasteiger partial charge in [0.2, 0.25) is 0 Å². The van der Waals surface area contributed by atoms with E-state index in [-0.39, 0.29) is 6.61 Å². The van der Waals surface area contributed by atoms with E-state index >= 15 is 0 Å². The molecule has 0 aromatic heterocycles. The normalized spacial score (nSPS) is 8.22. The van der Waals surface area contributed by atoms with Gasteiger partial charge in [-0.3, -0.25) is 0 Å². The standard InChI is InChI=1S/C6H9O3/c1-5(2)3-4-9-6(7)8/h3H,4H2,1-2H3. The second-order valence-corrected chi connectivity index (χ2v) is 1.84. The zero-order valence-electron chi connectivity index (χ0n) is 5.51.